The molecule has 3 rings (SSSR count). The molecule has 1 aromatic carbocycles. The van der Waals surface area contributed by atoms with Crippen molar-refractivity contribution in [3.63, 3.8) is 0 Å². The van der Waals surface area contributed by atoms with Crippen LogP contribution in [0.2, 0.25) is 0 Å². The molecule has 0 saturated carbocycles. The smallest absolute Gasteiger partial charge is 0.110 e. The van der Waals surface area contributed by atoms with Crippen LogP contribution in [0.3, 0.4) is 0 Å². The Morgan fingerprint density at radius 2 is 2.04 bits per heavy atom. The third-order valence-electron chi connectivity index (χ3n) is 4.30. The van der Waals surface area contributed by atoms with Crippen molar-refractivity contribution >= 4 is 11.3 Å². The summed E-state index contributed by atoms with van der Waals surface area (Å²) in [6.07, 6.45) is 3.77. The highest BCUT2D eigenvalue weighted by Gasteiger charge is 2.24. The van der Waals surface area contributed by atoms with Gasteiger partial charge in [-0.15, -0.1) is 11.3 Å². The third kappa shape index (κ3) is 3.59. The molecule has 0 aliphatic carbocycles. The van der Waals surface area contributed by atoms with E-state index in [-0.39, 0.29) is 6.04 Å². The third-order valence-corrected chi connectivity index (χ3v) is 5.42. The van der Waals surface area contributed by atoms with Crippen LogP contribution in [0.5, 0.6) is 0 Å². The first-order valence-corrected chi connectivity index (χ1v) is 8.95. The van der Waals surface area contributed by atoms with Crippen molar-refractivity contribution in [1.82, 2.24) is 14.9 Å². The molecule has 126 valence electrons. The summed E-state index contributed by atoms with van der Waals surface area (Å²) >= 11 is 1.58. The molecule has 2 unspecified atom stereocenters. The van der Waals surface area contributed by atoms with Crippen molar-refractivity contribution in [1.29, 1.82) is 0 Å². The van der Waals surface area contributed by atoms with Crippen molar-refractivity contribution in [2.24, 2.45) is 0 Å². The van der Waals surface area contributed by atoms with Crippen LogP contribution in [-0.4, -0.2) is 21.2 Å². The molecule has 2 N–H and O–H groups in total. The number of aromatic nitrogens is 2. The molecular weight excluding hydrogens is 318 g/mol. The van der Waals surface area contributed by atoms with E-state index in [0.29, 0.717) is 6.54 Å². The van der Waals surface area contributed by atoms with Gasteiger partial charge in [-0.3, -0.25) is 0 Å². The number of aliphatic hydroxyl groups is 1. The fourth-order valence-electron chi connectivity index (χ4n) is 2.72. The predicted octanol–water partition coefficient (Wildman–Crippen LogP) is 3.80. The van der Waals surface area contributed by atoms with E-state index in [1.807, 2.05) is 37.6 Å². The zero-order valence-corrected chi connectivity index (χ0v) is 15.0. The van der Waals surface area contributed by atoms with Gasteiger partial charge in [0.2, 0.25) is 0 Å². The Balaban J connectivity index is 1.65. The van der Waals surface area contributed by atoms with E-state index in [4.69, 9.17) is 0 Å². The molecule has 5 heteroatoms. The van der Waals surface area contributed by atoms with Crippen LogP contribution in [0.15, 0.2) is 54.2 Å². The Morgan fingerprint density at radius 3 is 2.62 bits per heavy atom. The summed E-state index contributed by atoms with van der Waals surface area (Å²) in [5.74, 6) is 0.973. The number of rotatable bonds is 6. The van der Waals surface area contributed by atoms with Crippen molar-refractivity contribution in [3.8, 4) is 5.69 Å². The molecule has 0 spiro atoms. The van der Waals surface area contributed by atoms with E-state index < -0.39 is 5.60 Å². The quantitative estimate of drug-likeness (QED) is 0.717. The Hall–Kier alpha value is -1.95. The fourth-order valence-corrected chi connectivity index (χ4v) is 3.50. The van der Waals surface area contributed by atoms with E-state index in [1.165, 1.54) is 5.56 Å². The number of thiophene rings is 1. The topological polar surface area (TPSA) is 50.1 Å². The Labute approximate surface area is 146 Å². The lowest BCUT2D eigenvalue weighted by molar-refractivity contribution is 0.0581. The zero-order valence-electron chi connectivity index (χ0n) is 14.2. The molecule has 24 heavy (non-hydrogen) atoms. The molecule has 0 aliphatic heterocycles. The number of benzene rings is 1. The molecule has 0 amide bonds. The lowest BCUT2D eigenvalue weighted by atomic mass is 10.0. The fraction of sp³-hybridized carbons (Fsp3) is 0.316. The first kappa shape index (κ1) is 16.9. The molecule has 4 nitrogen and oxygen atoms in total. The molecule has 0 fully saturated rings. The van der Waals surface area contributed by atoms with Crippen molar-refractivity contribution in [2.75, 3.05) is 6.54 Å². The number of hydrogen-bond acceptors (Lipinski definition) is 4. The molecule has 2 aromatic heterocycles. The predicted molar refractivity (Wildman–Crippen MR) is 98.6 cm³/mol. The zero-order chi connectivity index (χ0) is 17.2. The average Bonchev–Trinajstić information content (AvgIpc) is 3.25. The van der Waals surface area contributed by atoms with E-state index in [9.17, 15) is 5.11 Å². The van der Waals surface area contributed by atoms with Crippen molar-refractivity contribution < 1.29 is 5.11 Å². The lowest BCUT2D eigenvalue weighted by Crippen LogP contribution is -2.36. The van der Waals surface area contributed by atoms with Crippen LogP contribution in [0.25, 0.3) is 5.69 Å². The molecule has 0 aliphatic rings. The molecule has 0 radical (unpaired) electrons. The van der Waals surface area contributed by atoms with Gasteiger partial charge in [0.05, 0.1) is 0 Å². The van der Waals surface area contributed by atoms with Gasteiger partial charge in [0.15, 0.2) is 0 Å². The van der Waals surface area contributed by atoms with Crippen LogP contribution < -0.4 is 5.32 Å². The summed E-state index contributed by atoms with van der Waals surface area (Å²) < 4.78 is 2.06. The Morgan fingerprint density at radius 1 is 1.29 bits per heavy atom. The molecule has 2 heterocycles. The maximum absolute atomic E-state index is 10.6. The molecule has 0 bridgehead atoms. The Kier molecular flexibility index (Phi) is 4.85. The number of aryl methyl sites for hydroxylation is 1. The highest BCUT2D eigenvalue weighted by atomic mass is 32.1. The normalized spacial score (nSPS) is 15.2. The number of imidazole rings is 1. The van der Waals surface area contributed by atoms with Gasteiger partial charge in [0, 0.05) is 35.5 Å². The van der Waals surface area contributed by atoms with Gasteiger partial charge in [0.1, 0.15) is 11.4 Å². The maximum Gasteiger partial charge on any atom is 0.110 e. The minimum absolute atomic E-state index is 0.161. The number of hydrogen-bond donors (Lipinski definition) is 2. The summed E-state index contributed by atoms with van der Waals surface area (Å²) in [4.78, 5) is 5.23. The summed E-state index contributed by atoms with van der Waals surface area (Å²) in [5.41, 5.74) is 1.45. The lowest BCUT2D eigenvalue weighted by Gasteiger charge is -2.25. The van der Waals surface area contributed by atoms with E-state index >= 15 is 0 Å². The standard InChI is InChI=1S/C19H23N3OS/c1-14(21-13-19(3,23)18-5-4-12-24-18)16-6-8-17(9-7-16)22-11-10-20-15(22)2/h4-12,14,21,23H,13H2,1-3H3. The van der Waals surface area contributed by atoms with Crippen molar-refractivity contribution in [3.05, 3.63) is 70.4 Å². The second-order valence-electron chi connectivity index (χ2n) is 6.29. The summed E-state index contributed by atoms with van der Waals surface area (Å²) in [6, 6.07) is 12.5. The van der Waals surface area contributed by atoms with Gasteiger partial charge in [-0.05, 0) is 49.9 Å². The van der Waals surface area contributed by atoms with Gasteiger partial charge in [-0.2, -0.15) is 0 Å². The minimum Gasteiger partial charge on any atom is -0.383 e. The van der Waals surface area contributed by atoms with Crippen molar-refractivity contribution in [2.45, 2.75) is 32.4 Å². The monoisotopic (exact) mass is 341 g/mol. The molecule has 2 atom stereocenters. The van der Waals surface area contributed by atoms with Crippen LogP contribution in [-0.2, 0) is 5.60 Å². The molecule has 3 aromatic rings. The van der Waals surface area contributed by atoms with Gasteiger partial charge < -0.3 is 15.0 Å². The van der Waals surface area contributed by atoms with Gasteiger partial charge >= 0.3 is 0 Å². The highest BCUT2D eigenvalue weighted by Crippen LogP contribution is 2.25. The maximum atomic E-state index is 10.6. The summed E-state index contributed by atoms with van der Waals surface area (Å²) in [7, 11) is 0. The second kappa shape index (κ2) is 6.89. The first-order valence-electron chi connectivity index (χ1n) is 8.07. The SMILES string of the molecule is Cc1nccn1-c1ccc(C(C)NCC(C)(O)c2cccs2)cc1. The molecular formula is C19H23N3OS. The van der Waals surface area contributed by atoms with Crippen LogP contribution in [0.1, 0.15) is 36.2 Å². The second-order valence-corrected chi connectivity index (χ2v) is 7.24. The summed E-state index contributed by atoms with van der Waals surface area (Å²) in [6.45, 7) is 6.47. The van der Waals surface area contributed by atoms with E-state index in [1.54, 1.807) is 17.5 Å². The van der Waals surface area contributed by atoms with Gasteiger partial charge in [-0.25, -0.2) is 4.98 Å². The number of nitrogens with one attached hydrogen (secondary N) is 1. The van der Waals surface area contributed by atoms with Crippen LogP contribution >= 0.6 is 11.3 Å². The minimum atomic E-state index is -0.851. The largest absolute Gasteiger partial charge is 0.383 e. The summed E-state index contributed by atoms with van der Waals surface area (Å²) in [5, 5.41) is 16.0. The average molecular weight is 341 g/mol. The van der Waals surface area contributed by atoms with Crippen LogP contribution in [0, 0.1) is 6.92 Å². The van der Waals surface area contributed by atoms with Gasteiger partial charge in [0.25, 0.3) is 0 Å². The van der Waals surface area contributed by atoms with E-state index in [2.05, 4.69) is 46.1 Å². The first-order chi connectivity index (χ1) is 11.5. The number of nitrogens with zero attached hydrogens (tertiary/aromatic N) is 2. The molecule has 0 saturated heterocycles. The Bertz CT molecular complexity index is 775. The van der Waals surface area contributed by atoms with E-state index in [0.717, 1.165) is 16.4 Å². The highest BCUT2D eigenvalue weighted by molar-refractivity contribution is 7.10. The van der Waals surface area contributed by atoms with Gasteiger partial charge in [-0.1, -0.05) is 18.2 Å². The van der Waals surface area contributed by atoms with Crippen LogP contribution in [0.4, 0.5) is 0 Å².